The average Bonchev–Trinajstić information content (AvgIpc) is 2.54. The number of carbonyl (C=O) groups excluding carboxylic acids is 2. The maximum Gasteiger partial charge on any atom is 0.232 e. The Morgan fingerprint density at radius 1 is 0.810 bits per heavy atom. The highest BCUT2D eigenvalue weighted by Gasteiger charge is 2.30. The molecule has 2 rings (SSSR count). The van der Waals surface area contributed by atoms with Crippen LogP contribution < -0.4 is 0 Å². The monoisotopic (exact) mass is 294 g/mol. The molecule has 0 saturated carbocycles. The summed E-state index contributed by atoms with van der Waals surface area (Å²) in [5.41, 5.74) is 0. The topological polar surface area (TPSA) is 40.6 Å². The molecule has 2 aliphatic heterocycles. The van der Waals surface area contributed by atoms with Gasteiger partial charge < -0.3 is 9.80 Å². The summed E-state index contributed by atoms with van der Waals surface area (Å²) in [4.78, 5) is 28.9. The maximum absolute atomic E-state index is 12.5. The van der Waals surface area contributed by atoms with E-state index in [-0.39, 0.29) is 18.2 Å². The molecular formula is C17H30N2O2. The molecule has 0 spiro atoms. The second-order valence-corrected chi connectivity index (χ2v) is 6.47. The van der Waals surface area contributed by atoms with Crippen LogP contribution >= 0.6 is 0 Å². The molecular weight excluding hydrogens is 264 g/mol. The van der Waals surface area contributed by atoms with Crippen LogP contribution in [0.1, 0.15) is 71.6 Å². The predicted molar refractivity (Wildman–Crippen MR) is 83.9 cm³/mol. The Morgan fingerprint density at radius 3 is 1.62 bits per heavy atom. The predicted octanol–water partition coefficient (Wildman–Crippen LogP) is 2.96. The lowest BCUT2D eigenvalue weighted by Crippen LogP contribution is -2.48. The molecule has 4 nitrogen and oxygen atoms in total. The van der Waals surface area contributed by atoms with Gasteiger partial charge >= 0.3 is 0 Å². The molecule has 0 bridgehead atoms. The van der Waals surface area contributed by atoms with Gasteiger partial charge in [0.15, 0.2) is 0 Å². The van der Waals surface area contributed by atoms with Crippen molar-refractivity contribution in [2.75, 3.05) is 13.1 Å². The number of nitrogens with zero attached hydrogens (tertiary/aromatic N) is 2. The lowest BCUT2D eigenvalue weighted by molar-refractivity contribution is -0.144. The summed E-state index contributed by atoms with van der Waals surface area (Å²) < 4.78 is 0. The van der Waals surface area contributed by atoms with E-state index in [4.69, 9.17) is 0 Å². The Kier molecular flexibility index (Phi) is 6.07. The molecule has 0 aromatic carbocycles. The molecule has 2 heterocycles. The van der Waals surface area contributed by atoms with Crippen LogP contribution in [0.2, 0.25) is 0 Å². The second kappa shape index (κ2) is 7.81. The van der Waals surface area contributed by atoms with Crippen molar-refractivity contribution in [3.05, 3.63) is 0 Å². The lowest BCUT2D eigenvalue weighted by atomic mass is 9.98. The first-order chi connectivity index (χ1) is 10.2. The van der Waals surface area contributed by atoms with Gasteiger partial charge in [0.25, 0.3) is 0 Å². The number of amides is 2. The fourth-order valence-electron chi connectivity index (χ4n) is 3.84. The standard InChI is InChI=1S/C17H30N2O2/c1-3-14-9-5-7-11-18(14)16(20)13-17(21)19-12-8-6-10-15(19)4-2/h14-15H,3-13H2,1-2H3/t14-,15-/m1/s1. The van der Waals surface area contributed by atoms with Gasteiger partial charge in [0.05, 0.1) is 0 Å². The first-order valence-electron chi connectivity index (χ1n) is 8.76. The van der Waals surface area contributed by atoms with Gasteiger partial charge in [-0.1, -0.05) is 13.8 Å². The summed E-state index contributed by atoms with van der Waals surface area (Å²) in [7, 11) is 0. The fraction of sp³-hybridized carbons (Fsp3) is 0.882. The van der Waals surface area contributed by atoms with E-state index < -0.39 is 0 Å². The number of piperidine rings is 2. The van der Waals surface area contributed by atoms with Crippen molar-refractivity contribution >= 4 is 11.8 Å². The minimum absolute atomic E-state index is 0.0481. The number of hydrogen-bond donors (Lipinski definition) is 0. The van der Waals surface area contributed by atoms with Crippen molar-refractivity contribution in [1.29, 1.82) is 0 Å². The SMILES string of the molecule is CC[C@@H]1CCCCN1C(=O)CC(=O)N1CCCC[C@H]1CC. The van der Waals surface area contributed by atoms with Crippen molar-refractivity contribution in [3.8, 4) is 0 Å². The van der Waals surface area contributed by atoms with Gasteiger partial charge in [0.2, 0.25) is 11.8 Å². The quantitative estimate of drug-likeness (QED) is 0.748. The molecule has 0 radical (unpaired) electrons. The van der Waals surface area contributed by atoms with Gasteiger partial charge in [0, 0.05) is 25.2 Å². The van der Waals surface area contributed by atoms with Crippen LogP contribution in [0.5, 0.6) is 0 Å². The van der Waals surface area contributed by atoms with Crippen molar-refractivity contribution in [3.63, 3.8) is 0 Å². The highest BCUT2D eigenvalue weighted by molar-refractivity contribution is 5.97. The summed E-state index contributed by atoms with van der Waals surface area (Å²) in [5, 5.41) is 0. The van der Waals surface area contributed by atoms with Gasteiger partial charge in [-0.05, 0) is 51.4 Å². The molecule has 0 aliphatic carbocycles. The van der Waals surface area contributed by atoms with E-state index in [1.807, 2.05) is 9.80 Å². The van der Waals surface area contributed by atoms with E-state index >= 15 is 0 Å². The van der Waals surface area contributed by atoms with Crippen LogP contribution in [0.15, 0.2) is 0 Å². The van der Waals surface area contributed by atoms with E-state index in [0.29, 0.717) is 12.1 Å². The van der Waals surface area contributed by atoms with Crippen LogP contribution in [-0.2, 0) is 9.59 Å². The molecule has 2 amide bonds. The molecule has 0 unspecified atom stereocenters. The summed E-state index contributed by atoms with van der Waals surface area (Å²) in [5.74, 6) is 0.0963. The normalized spacial score (nSPS) is 26.8. The summed E-state index contributed by atoms with van der Waals surface area (Å²) >= 11 is 0. The van der Waals surface area contributed by atoms with Crippen molar-refractivity contribution in [1.82, 2.24) is 9.80 Å². The second-order valence-electron chi connectivity index (χ2n) is 6.47. The van der Waals surface area contributed by atoms with Crippen LogP contribution in [0.25, 0.3) is 0 Å². The Balaban J connectivity index is 1.92. The summed E-state index contributed by atoms with van der Waals surface area (Å²) in [6, 6.07) is 0.699. The van der Waals surface area contributed by atoms with E-state index in [9.17, 15) is 9.59 Å². The largest absolute Gasteiger partial charge is 0.339 e. The third kappa shape index (κ3) is 3.98. The smallest absolute Gasteiger partial charge is 0.232 e. The van der Waals surface area contributed by atoms with Crippen molar-refractivity contribution < 1.29 is 9.59 Å². The zero-order valence-corrected chi connectivity index (χ0v) is 13.6. The molecule has 0 aromatic heterocycles. The molecule has 2 fully saturated rings. The van der Waals surface area contributed by atoms with Gasteiger partial charge in [-0.25, -0.2) is 0 Å². The maximum atomic E-state index is 12.5. The number of hydrogen-bond acceptors (Lipinski definition) is 2. The van der Waals surface area contributed by atoms with E-state index in [1.54, 1.807) is 0 Å². The summed E-state index contributed by atoms with van der Waals surface area (Å²) in [6.45, 7) is 5.94. The Bertz CT molecular complexity index is 336. The van der Waals surface area contributed by atoms with Crippen LogP contribution in [0.4, 0.5) is 0 Å². The number of carbonyl (C=O) groups is 2. The van der Waals surface area contributed by atoms with Crippen molar-refractivity contribution in [2.24, 2.45) is 0 Å². The van der Waals surface area contributed by atoms with Crippen LogP contribution in [0.3, 0.4) is 0 Å². The van der Waals surface area contributed by atoms with Crippen LogP contribution in [0, 0.1) is 0 Å². The molecule has 0 N–H and O–H groups in total. The lowest BCUT2D eigenvalue weighted by Gasteiger charge is -2.38. The Labute approximate surface area is 128 Å². The Hall–Kier alpha value is -1.06. The molecule has 2 saturated heterocycles. The highest BCUT2D eigenvalue weighted by Crippen LogP contribution is 2.23. The Morgan fingerprint density at radius 2 is 1.24 bits per heavy atom. The molecule has 0 aromatic rings. The number of likely N-dealkylation sites (tertiary alicyclic amines) is 2. The summed E-state index contributed by atoms with van der Waals surface area (Å²) in [6.07, 6.45) is 8.85. The fourth-order valence-corrected chi connectivity index (χ4v) is 3.84. The number of rotatable bonds is 4. The third-order valence-electron chi connectivity index (χ3n) is 5.14. The van der Waals surface area contributed by atoms with Gasteiger partial charge in [-0.3, -0.25) is 9.59 Å². The van der Waals surface area contributed by atoms with Gasteiger partial charge in [-0.15, -0.1) is 0 Å². The first kappa shape index (κ1) is 16.3. The van der Waals surface area contributed by atoms with E-state index in [1.165, 1.54) is 12.8 Å². The minimum Gasteiger partial charge on any atom is -0.339 e. The van der Waals surface area contributed by atoms with Crippen molar-refractivity contribution in [2.45, 2.75) is 83.7 Å². The van der Waals surface area contributed by atoms with Gasteiger partial charge in [0.1, 0.15) is 6.42 Å². The molecule has 21 heavy (non-hydrogen) atoms. The zero-order chi connectivity index (χ0) is 15.2. The third-order valence-corrected chi connectivity index (χ3v) is 5.14. The van der Waals surface area contributed by atoms with E-state index in [0.717, 1.165) is 51.6 Å². The highest BCUT2D eigenvalue weighted by atomic mass is 16.2. The molecule has 2 aliphatic rings. The van der Waals surface area contributed by atoms with E-state index in [2.05, 4.69) is 13.8 Å². The zero-order valence-electron chi connectivity index (χ0n) is 13.6. The molecule has 120 valence electrons. The first-order valence-corrected chi connectivity index (χ1v) is 8.76. The van der Waals surface area contributed by atoms with Crippen LogP contribution in [-0.4, -0.2) is 46.8 Å². The average molecular weight is 294 g/mol. The molecule has 4 heteroatoms. The minimum atomic E-state index is 0.0481. The van der Waals surface area contributed by atoms with Gasteiger partial charge in [-0.2, -0.15) is 0 Å². The molecule has 2 atom stereocenters.